The van der Waals surface area contributed by atoms with Crippen LogP contribution in [0.5, 0.6) is 5.75 Å². The molecule has 0 saturated heterocycles. The fourth-order valence-electron chi connectivity index (χ4n) is 3.76. The molecule has 2 N–H and O–H groups in total. The summed E-state index contributed by atoms with van der Waals surface area (Å²) in [6.45, 7) is -0.00793. The molecule has 9 nitrogen and oxygen atoms in total. The van der Waals surface area contributed by atoms with Crippen molar-refractivity contribution in [1.82, 2.24) is 14.6 Å². The summed E-state index contributed by atoms with van der Waals surface area (Å²) in [7, 11) is -1.17. The number of rotatable bonds is 9. The van der Waals surface area contributed by atoms with Crippen molar-refractivity contribution < 1.29 is 31.9 Å². The normalized spacial score (nSPS) is 14.1. The van der Waals surface area contributed by atoms with E-state index in [4.69, 9.17) is 9.47 Å². The molecule has 0 aliphatic heterocycles. The van der Waals surface area contributed by atoms with Gasteiger partial charge in [0.2, 0.25) is 5.91 Å². The molecule has 4 rings (SSSR count). The molecule has 36 heavy (non-hydrogen) atoms. The highest BCUT2D eigenvalue weighted by Gasteiger charge is 2.50. The lowest BCUT2D eigenvalue weighted by molar-refractivity contribution is -0.126. The summed E-state index contributed by atoms with van der Waals surface area (Å²) < 4.78 is 53.4. The fourth-order valence-corrected chi connectivity index (χ4v) is 5.15. The molecule has 0 bridgehead atoms. The van der Waals surface area contributed by atoms with Crippen molar-refractivity contribution in [3.8, 4) is 17.0 Å². The van der Waals surface area contributed by atoms with Crippen LogP contribution in [0.3, 0.4) is 0 Å². The first-order valence-electron chi connectivity index (χ1n) is 11.2. The first-order chi connectivity index (χ1) is 17.2. The van der Waals surface area contributed by atoms with Gasteiger partial charge in [-0.25, -0.2) is 21.6 Å². The quantitative estimate of drug-likeness (QED) is 0.452. The van der Waals surface area contributed by atoms with E-state index < -0.39 is 27.3 Å². The zero-order chi connectivity index (χ0) is 25.9. The summed E-state index contributed by atoms with van der Waals surface area (Å²) in [5.41, 5.74) is -0.00226. The van der Waals surface area contributed by atoms with Gasteiger partial charge in [0.25, 0.3) is 10.0 Å². The minimum absolute atomic E-state index is 0.0470. The van der Waals surface area contributed by atoms with Crippen LogP contribution in [-0.4, -0.2) is 45.1 Å². The van der Waals surface area contributed by atoms with Gasteiger partial charge in [-0.05, 0) is 55.3 Å². The van der Waals surface area contributed by atoms with Crippen LogP contribution in [0.2, 0.25) is 0 Å². The average molecular weight is 516 g/mol. The number of carbonyl (C=O) groups is 2. The molecule has 0 spiro atoms. The van der Waals surface area contributed by atoms with Gasteiger partial charge in [0.05, 0.1) is 16.0 Å². The van der Waals surface area contributed by atoms with E-state index in [-0.39, 0.29) is 35.3 Å². The Kier molecular flexibility index (Phi) is 7.02. The predicted octanol–water partition coefficient (Wildman–Crippen LogP) is 3.29. The third-order valence-electron chi connectivity index (χ3n) is 6.02. The van der Waals surface area contributed by atoms with Crippen molar-refractivity contribution in [1.29, 1.82) is 0 Å². The maximum absolute atomic E-state index is 14.6. The average Bonchev–Trinajstić information content (AvgIpc) is 3.56. The number of nitrogens with zero attached hydrogens (tertiary/aromatic N) is 1. The molecule has 1 heterocycles. The van der Waals surface area contributed by atoms with Gasteiger partial charge in [-0.1, -0.05) is 12.1 Å². The second-order valence-electron chi connectivity index (χ2n) is 8.46. The lowest BCUT2D eigenvalue weighted by atomic mass is 10.1. The number of alkyl carbamates (subject to hydrolysis) is 1. The van der Waals surface area contributed by atoms with Gasteiger partial charge in [0.1, 0.15) is 24.8 Å². The highest BCUT2D eigenvalue weighted by molar-refractivity contribution is 7.90. The van der Waals surface area contributed by atoms with Gasteiger partial charge >= 0.3 is 6.09 Å². The Labute approximate surface area is 208 Å². The number of ether oxygens (including phenoxy) is 2. The number of hydrogen-bond acceptors (Lipinski definition) is 6. The van der Waals surface area contributed by atoms with Crippen LogP contribution in [-0.2, 0) is 26.2 Å². The monoisotopic (exact) mass is 515 g/mol. The molecule has 0 atom stereocenters. The molecule has 1 aromatic heterocycles. The maximum Gasteiger partial charge on any atom is 0.407 e. The Morgan fingerprint density at radius 3 is 2.36 bits per heavy atom. The Bertz CT molecular complexity index is 1380. The largest absolute Gasteiger partial charge is 0.492 e. The van der Waals surface area contributed by atoms with Crippen molar-refractivity contribution in [3.05, 3.63) is 72.2 Å². The van der Waals surface area contributed by atoms with E-state index in [0.717, 1.165) is 16.8 Å². The molecule has 11 heteroatoms. The van der Waals surface area contributed by atoms with Crippen LogP contribution in [0, 0.1) is 11.2 Å². The molecular formula is C25H26FN3O6S. The molecule has 2 amide bonds. The van der Waals surface area contributed by atoms with E-state index in [9.17, 15) is 22.4 Å². The standard InChI is InChI=1S/C25H26FN3O6S/c1-27-23(30)25(11-12-25)16-35-18-7-9-19(10-8-18)36(32,33)29-14-17(15-34-24(31)28-2)13-22(29)20-5-3-4-6-21(20)26/h3-10,13-14H,11-12,15-16H2,1-2H3,(H,27,30)(H,28,31). The number of nitrogens with one attached hydrogen (secondary N) is 2. The second kappa shape index (κ2) is 10.0. The molecule has 1 aliphatic carbocycles. The van der Waals surface area contributed by atoms with Crippen LogP contribution in [0.1, 0.15) is 18.4 Å². The number of hydrogen-bond donors (Lipinski definition) is 2. The van der Waals surface area contributed by atoms with E-state index in [1.54, 1.807) is 13.1 Å². The van der Waals surface area contributed by atoms with Crippen LogP contribution in [0.4, 0.5) is 9.18 Å². The summed E-state index contributed by atoms with van der Waals surface area (Å²) in [5.74, 6) is -0.253. The van der Waals surface area contributed by atoms with E-state index in [0.29, 0.717) is 11.3 Å². The number of amides is 2. The topological polar surface area (TPSA) is 116 Å². The van der Waals surface area contributed by atoms with Crippen molar-refractivity contribution in [3.63, 3.8) is 0 Å². The molecule has 190 valence electrons. The van der Waals surface area contributed by atoms with Gasteiger partial charge in [-0.15, -0.1) is 0 Å². The summed E-state index contributed by atoms with van der Waals surface area (Å²) in [6, 6.07) is 13.1. The highest BCUT2D eigenvalue weighted by Crippen LogP contribution is 2.46. The first-order valence-corrected chi connectivity index (χ1v) is 12.7. The molecule has 1 saturated carbocycles. The molecule has 0 radical (unpaired) electrons. The van der Waals surface area contributed by atoms with Crippen LogP contribution in [0.15, 0.2) is 65.7 Å². The smallest absolute Gasteiger partial charge is 0.407 e. The summed E-state index contributed by atoms with van der Waals surface area (Å²) in [6.07, 6.45) is 2.08. The lowest BCUT2D eigenvalue weighted by Gasteiger charge is -2.15. The predicted molar refractivity (Wildman–Crippen MR) is 129 cm³/mol. The number of benzene rings is 2. The molecule has 0 unspecified atom stereocenters. The van der Waals surface area contributed by atoms with E-state index >= 15 is 0 Å². The minimum atomic E-state index is -4.15. The molecule has 1 fully saturated rings. The molecular weight excluding hydrogens is 489 g/mol. The van der Waals surface area contributed by atoms with Crippen molar-refractivity contribution in [2.24, 2.45) is 5.41 Å². The first kappa shape index (κ1) is 25.2. The van der Waals surface area contributed by atoms with Gasteiger partial charge in [0.15, 0.2) is 0 Å². The minimum Gasteiger partial charge on any atom is -0.492 e. The third-order valence-corrected chi connectivity index (χ3v) is 7.71. The molecule has 1 aliphatic rings. The van der Waals surface area contributed by atoms with Crippen molar-refractivity contribution in [2.75, 3.05) is 20.7 Å². The third kappa shape index (κ3) is 5.06. The van der Waals surface area contributed by atoms with E-state index in [1.807, 2.05) is 0 Å². The van der Waals surface area contributed by atoms with Crippen LogP contribution < -0.4 is 15.4 Å². The lowest BCUT2D eigenvalue weighted by Crippen LogP contribution is -2.33. The number of carbonyl (C=O) groups excluding carboxylic acids is 2. The Morgan fingerprint density at radius 2 is 1.75 bits per heavy atom. The van der Waals surface area contributed by atoms with Gasteiger partial charge in [0, 0.05) is 31.4 Å². The highest BCUT2D eigenvalue weighted by atomic mass is 32.2. The van der Waals surface area contributed by atoms with Crippen molar-refractivity contribution >= 4 is 22.0 Å². The number of halogens is 1. The zero-order valence-electron chi connectivity index (χ0n) is 19.8. The van der Waals surface area contributed by atoms with Crippen LogP contribution >= 0.6 is 0 Å². The Balaban J connectivity index is 1.62. The zero-order valence-corrected chi connectivity index (χ0v) is 20.6. The second-order valence-corrected chi connectivity index (χ2v) is 10.3. The van der Waals surface area contributed by atoms with E-state index in [1.165, 1.54) is 61.8 Å². The Hall–Kier alpha value is -3.86. The van der Waals surface area contributed by atoms with Gasteiger partial charge in [-0.2, -0.15) is 0 Å². The summed E-state index contributed by atoms with van der Waals surface area (Å²) in [4.78, 5) is 23.4. The molecule has 2 aromatic carbocycles. The maximum atomic E-state index is 14.6. The van der Waals surface area contributed by atoms with Gasteiger partial charge < -0.3 is 20.1 Å². The van der Waals surface area contributed by atoms with E-state index in [2.05, 4.69) is 10.6 Å². The SMILES string of the molecule is CNC(=O)OCc1cc(-c2ccccc2F)n(S(=O)(=O)c2ccc(OCC3(C(=O)NC)CC3)cc2)c1. The summed E-state index contributed by atoms with van der Waals surface area (Å²) in [5, 5.41) is 4.95. The summed E-state index contributed by atoms with van der Waals surface area (Å²) >= 11 is 0. The van der Waals surface area contributed by atoms with Crippen molar-refractivity contribution in [2.45, 2.75) is 24.3 Å². The number of aromatic nitrogens is 1. The fraction of sp³-hybridized carbons (Fsp3) is 0.280. The van der Waals surface area contributed by atoms with Gasteiger partial charge in [-0.3, -0.25) is 4.79 Å². The Morgan fingerprint density at radius 1 is 1.06 bits per heavy atom. The molecule has 3 aromatic rings. The van der Waals surface area contributed by atoms with Crippen LogP contribution in [0.25, 0.3) is 11.3 Å².